The molecule has 0 aromatic carbocycles. The highest BCUT2D eigenvalue weighted by molar-refractivity contribution is 4.84. The van der Waals surface area contributed by atoms with Gasteiger partial charge in [-0.1, -0.05) is 27.2 Å². The van der Waals surface area contributed by atoms with Crippen molar-refractivity contribution in [2.75, 3.05) is 0 Å². The molecule has 4 heteroatoms. The van der Waals surface area contributed by atoms with Crippen molar-refractivity contribution in [1.82, 2.24) is 20.1 Å². The van der Waals surface area contributed by atoms with Crippen LogP contribution >= 0.6 is 0 Å². The van der Waals surface area contributed by atoms with Gasteiger partial charge in [0, 0.05) is 13.1 Å². The van der Waals surface area contributed by atoms with Gasteiger partial charge in [-0.25, -0.2) is 4.98 Å². The molecular weight excluding hydrogens is 200 g/mol. The minimum atomic E-state index is 0.580. The van der Waals surface area contributed by atoms with Gasteiger partial charge < -0.3 is 5.32 Å². The van der Waals surface area contributed by atoms with Crippen molar-refractivity contribution < 1.29 is 0 Å². The van der Waals surface area contributed by atoms with E-state index in [0.717, 1.165) is 18.3 Å². The normalized spacial score (nSPS) is 15.0. The first kappa shape index (κ1) is 13.2. The van der Waals surface area contributed by atoms with Crippen LogP contribution in [0.3, 0.4) is 0 Å². The molecule has 1 aromatic heterocycles. The summed E-state index contributed by atoms with van der Waals surface area (Å²) in [7, 11) is 1.93. The first-order valence-electron chi connectivity index (χ1n) is 6.25. The van der Waals surface area contributed by atoms with Crippen LogP contribution in [0.2, 0.25) is 0 Å². The van der Waals surface area contributed by atoms with E-state index in [0.29, 0.717) is 6.04 Å². The second-order valence-electron chi connectivity index (χ2n) is 4.46. The number of rotatable bonds is 7. The molecule has 4 nitrogen and oxygen atoms in total. The summed E-state index contributed by atoms with van der Waals surface area (Å²) < 4.78 is 1.82. The molecule has 0 saturated heterocycles. The Balaban J connectivity index is 2.42. The van der Waals surface area contributed by atoms with Gasteiger partial charge in [0.05, 0.1) is 6.54 Å². The van der Waals surface area contributed by atoms with Gasteiger partial charge in [0.2, 0.25) is 0 Å². The topological polar surface area (TPSA) is 42.7 Å². The van der Waals surface area contributed by atoms with E-state index in [1.807, 2.05) is 11.7 Å². The summed E-state index contributed by atoms with van der Waals surface area (Å²) in [5.74, 6) is 1.73. The summed E-state index contributed by atoms with van der Waals surface area (Å²) in [6.07, 6.45) is 5.31. The molecule has 0 bridgehead atoms. The quantitative estimate of drug-likeness (QED) is 0.771. The number of hydrogen-bond donors (Lipinski definition) is 1. The Hall–Kier alpha value is -0.900. The van der Waals surface area contributed by atoms with E-state index in [9.17, 15) is 0 Å². The largest absolute Gasteiger partial charge is 0.307 e. The highest BCUT2D eigenvalue weighted by atomic mass is 15.3. The molecule has 0 aliphatic carbocycles. The summed E-state index contributed by atoms with van der Waals surface area (Å²) in [5.41, 5.74) is 0. The maximum Gasteiger partial charge on any atom is 0.140 e. The third-order valence-corrected chi connectivity index (χ3v) is 3.20. The molecule has 1 aromatic rings. The highest BCUT2D eigenvalue weighted by Crippen LogP contribution is 2.13. The minimum absolute atomic E-state index is 0.580. The van der Waals surface area contributed by atoms with Crippen molar-refractivity contribution in [1.29, 1.82) is 0 Å². The van der Waals surface area contributed by atoms with Crippen LogP contribution in [0.25, 0.3) is 0 Å². The molecule has 0 aliphatic rings. The highest BCUT2D eigenvalue weighted by Gasteiger charge is 2.14. The zero-order valence-corrected chi connectivity index (χ0v) is 10.9. The molecule has 2 unspecified atom stereocenters. The zero-order valence-electron chi connectivity index (χ0n) is 10.9. The van der Waals surface area contributed by atoms with E-state index in [1.54, 1.807) is 6.33 Å². The zero-order chi connectivity index (χ0) is 12.0. The summed E-state index contributed by atoms with van der Waals surface area (Å²) >= 11 is 0. The molecule has 1 rings (SSSR count). The first-order chi connectivity index (χ1) is 7.69. The lowest BCUT2D eigenvalue weighted by atomic mass is 9.95. The number of hydrogen-bond acceptors (Lipinski definition) is 3. The molecule has 0 amide bonds. The van der Waals surface area contributed by atoms with E-state index >= 15 is 0 Å². The van der Waals surface area contributed by atoms with Crippen LogP contribution in [0.4, 0.5) is 0 Å². The lowest BCUT2D eigenvalue weighted by Crippen LogP contribution is -2.34. The molecule has 0 radical (unpaired) electrons. The van der Waals surface area contributed by atoms with Gasteiger partial charge in [-0.2, -0.15) is 5.10 Å². The summed E-state index contributed by atoms with van der Waals surface area (Å²) in [4.78, 5) is 4.22. The average Bonchev–Trinajstić information content (AvgIpc) is 2.66. The molecule has 16 heavy (non-hydrogen) atoms. The van der Waals surface area contributed by atoms with Crippen LogP contribution in [-0.2, 0) is 13.6 Å². The minimum Gasteiger partial charge on any atom is -0.307 e. The van der Waals surface area contributed by atoms with Crippen LogP contribution in [0.1, 0.15) is 45.9 Å². The molecule has 2 atom stereocenters. The molecular formula is C12H24N4. The smallest absolute Gasteiger partial charge is 0.140 e. The van der Waals surface area contributed by atoms with Crippen LogP contribution < -0.4 is 5.32 Å². The van der Waals surface area contributed by atoms with Crippen molar-refractivity contribution in [2.24, 2.45) is 13.0 Å². The van der Waals surface area contributed by atoms with Crippen LogP contribution in [0.5, 0.6) is 0 Å². The Kier molecular flexibility index (Phi) is 5.46. The van der Waals surface area contributed by atoms with Gasteiger partial charge in [0.25, 0.3) is 0 Å². The maximum atomic E-state index is 4.22. The first-order valence-corrected chi connectivity index (χ1v) is 6.25. The molecule has 0 spiro atoms. The SMILES string of the molecule is CCCC(C)C(CC)NCc1ncnn1C. The lowest BCUT2D eigenvalue weighted by molar-refractivity contribution is 0.339. The van der Waals surface area contributed by atoms with Crippen molar-refractivity contribution in [3.63, 3.8) is 0 Å². The van der Waals surface area contributed by atoms with Crippen molar-refractivity contribution in [3.05, 3.63) is 12.2 Å². The fraction of sp³-hybridized carbons (Fsp3) is 0.833. The lowest BCUT2D eigenvalue weighted by Gasteiger charge is -2.23. The van der Waals surface area contributed by atoms with Crippen LogP contribution in [0, 0.1) is 5.92 Å². The monoisotopic (exact) mass is 224 g/mol. The van der Waals surface area contributed by atoms with E-state index < -0.39 is 0 Å². The van der Waals surface area contributed by atoms with Gasteiger partial charge in [-0.05, 0) is 18.8 Å². The van der Waals surface area contributed by atoms with Gasteiger partial charge in [-0.3, -0.25) is 4.68 Å². The van der Waals surface area contributed by atoms with E-state index in [-0.39, 0.29) is 0 Å². The Labute approximate surface area is 98.5 Å². The van der Waals surface area contributed by atoms with Crippen molar-refractivity contribution in [2.45, 2.75) is 52.6 Å². The number of nitrogens with one attached hydrogen (secondary N) is 1. The number of aryl methyl sites for hydroxylation is 1. The van der Waals surface area contributed by atoms with E-state index in [2.05, 4.69) is 36.2 Å². The molecule has 0 aliphatic heterocycles. The summed E-state index contributed by atoms with van der Waals surface area (Å²) in [6.45, 7) is 7.61. The van der Waals surface area contributed by atoms with E-state index in [1.165, 1.54) is 19.3 Å². The maximum absolute atomic E-state index is 4.22. The third-order valence-electron chi connectivity index (χ3n) is 3.20. The Morgan fingerprint density at radius 2 is 2.19 bits per heavy atom. The van der Waals surface area contributed by atoms with Gasteiger partial charge in [-0.15, -0.1) is 0 Å². The van der Waals surface area contributed by atoms with Gasteiger partial charge >= 0.3 is 0 Å². The predicted molar refractivity (Wildman–Crippen MR) is 66.0 cm³/mol. The van der Waals surface area contributed by atoms with Crippen LogP contribution in [0.15, 0.2) is 6.33 Å². The van der Waals surface area contributed by atoms with Crippen molar-refractivity contribution in [3.8, 4) is 0 Å². The number of aromatic nitrogens is 3. The van der Waals surface area contributed by atoms with Crippen molar-refractivity contribution >= 4 is 0 Å². The Morgan fingerprint density at radius 1 is 1.44 bits per heavy atom. The third kappa shape index (κ3) is 3.59. The van der Waals surface area contributed by atoms with E-state index in [4.69, 9.17) is 0 Å². The standard InChI is InChI=1S/C12H24N4/c1-5-7-10(3)11(6-2)13-8-12-14-9-15-16(12)4/h9-11,13H,5-8H2,1-4H3. The van der Waals surface area contributed by atoms with Gasteiger partial charge in [0.15, 0.2) is 0 Å². The molecule has 1 N–H and O–H groups in total. The molecule has 92 valence electrons. The molecule has 0 fully saturated rings. The van der Waals surface area contributed by atoms with Gasteiger partial charge in [0.1, 0.15) is 12.2 Å². The second kappa shape index (κ2) is 6.63. The number of nitrogens with zero attached hydrogens (tertiary/aromatic N) is 3. The molecule has 1 heterocycles. The van der Waals surface area contributed by atoms with Crippen LogP contribution in [-0.4, -0.2) is 20.8 Å². The summed E-state index contributed by atoms with van der Waals surface area (Å²) in [6, 6.07) is 0.580. The Bertz CT molecular complexity index is 295. The fourth-order valence-electron chi connectivity index (χ4n) is 2.11. The fourth-order valence-corrected chi connectivity index (χ4v) is 2.11. The Morgan fingerprint density at radius 3 is 2.69 bits per heavy atom. The second-order valence-corrected chi connectivity index (χ2v) is 4.46. The average molecular weight is 224 g/mol. The predicted octanol–water partition coefficient (Wildman–Crippen LogP) is 2.12. The summed E-state index contributed by atoms with van der Waals surface area (Å²) in [5, 5.41) is 7.64. The molecule has 0 saturated carbocycles.